The van der Waals surface area contributed by atoms with E-state index in [4.69, 9.17) is 12.2 Å². The highest BCUT2D eigenvalue weighted by Gasteiger charge is 2.31. The molecular weight excluding hydrogens is 356 g/mol. The van der Waals surface area contributed by atoms with Crippen LogP contribution in [0.3, 0.4) is 0 Å². The second kappa shape index (κ2) is 5.47. The van der Waals surface area contributed by atoms with Gasteiger partial charge in [-0.1, -0.05) is 18.2 Å². The molecule has 0 bridgehead atoms. The summed E-state index contributed by atoms with van der Waals surface area (Å²) < 4.78 is 1.03. The van der Waals surface area contributed by atoms with E-state index in [1.807, 2.05) is 48.5 Å². The minimum absolute atomic E-state index is 0.134. The third-order valence-corrected chi connectivity index (χ3v) is 4.63. The van der Waals surface area contributed by atoms with E-state index in [2.05, 4.69) is 21.2 Å². The number of hydrogen-bond acceptors (Lipinski definition) is 3. The number of para-hydroxylation sites is 1. The lowest BCUT2D eigenvalue weighted by Gasteiger charge is -2.13. The standard InChI is InChI=1S/C14H9BrN2OS2/c15-12-7-6-10(20-12)8-11-13(18)17(14(19)16-11)9-4-2-1-3-5-9/h1-8H,(H,16,19)/b11-8+. The molecule has 1 aromatic heterocycles. The molecule has 100 valence electrons. The topological polar surface area (TPSA) is 32.3 Å². The largest absolute Gasteiger partial charge is 0.327 e. The summed E-state index contributed by atoms with van der Waals surface area (Å²) in [5.74, 6) is -0.134. The summed E-state index contributed by atoms with van der Waals surface area (Å²) in [4.78, 5) is 14.9. The number of nitrogens with zero attached hydrogens (tertiary/aromatic N) is 1. The molecule has 0 spiro atoms. The van der Waals surface area contributed by atoms with Crippen LogP contribution in [0.15, 0.2) is 51.9 Å². The van der Waals surface area contributed by atoms with E-state index in [0.29, 0.717) is 10.8 Å². The number of benzene rings is 1. The summed E-state index contributed by atoms with van der Waals surface area (Å²) in [6.07, 6.45) is 1.81. The Kier molecular flexibility index (Phi) is 3.69. The van der Waals surface area contributed by atoms with Crippen molar-refractivity contribution in [3.8, 4) is 0 Å². The van der Waals surface area contributed by atoms with E-state index in [0.717, 1.165) is 14.4 Å². The summed E-state index contributed by atoms with van der Waals surface area (Å²) in [5.41, 5.74) is 1.26. The van der Waals surface area contributed by atoms with Gasteiger partial charge in [-0.25, -0.2) is 0 Å². The van der Waals surface area contributed by atoms with Crippen LogP contribution in [0.25, 0.3) is 6.08 Å². The second-order valence-corrected chi connectivity index (χ2v) is 6.99. The molecule has 20 heavy (non-hydrogen) atoms. The average Bonchev–Trinajstić information content (AvgIpc) is 2.96. The Morgan fingerprint density at radius 3 is 2.60 bits per heavy atom. The van der Waals surface area contributed by atoms with Gasteiger partial charge in [-0.3, -0.25) is 9.69 Å². The Morgan fingerprint density at radius 1 is 1.20 bits per heavy atom. The number of amides is 1. The maximum absolute atomic E-state index is 12.4. The van der Waals surface area contributed by atoms with Gasteiger partial charge in [0.15, 0.2) is 5.11 Å². The molecule has 1 amide bonds. The lowest BCUT2D eigenvalue weighted by Crippen LogP contribution is -2.30. The zero-order valence-electron chi connectivity index (χ0n) is 10.2. The van der Waals surface area contributed by atoms with Gasteiger partial charge in [0.25, 0.3) is 5.91 Å². The van der Waals surface area contributed by atoms with E-state index < -0.39 is 0 Å². The van der Waals surface area contributed by atoms with Crippen LogP contribution in [0.4, 0.5) is 5.69 Å². The highest BCUT2D eigenvalue weighted by Crippen LogP contribution is 2.26. The molecule has 0 atom stereocenters. The van der Waals surface area contributed by atoms with Crippen molar-refractivity contribution < 1.29 is 4.79 Å². The SMILES string of the molecule is O=C1/C(=C\c2ccc(Br)s2)NC(=S)N1c1ccccc1. The third-order valence-electron chi connectivity index (χ3n) is 2.77. The molecule has 0 saturated carbocycles. The molecule has 2 heterocycles. The molecule has 1 aliphatic heterocycles. The molecular formula is C14H9BrN2OS2. The van der Waals surface area contributed by atoms with Crippen LogP contribution < -0.4 is 10.2 Å². The first kappa shape index (κ1) is 13.5. The Balaban J connectivity index is 1.93. The van der Waals surface area contributed by atoms with Gasteiger partial charge in [0.1, 0.15) is 5.70 Å². The predicted octanol–water partition coefficient (Wildman–Crippen LogP) is 3.77. The van der Waals surface area contributed by atoms with E-state index >= 15 is 0 Å². The highest BCUT2D eigenvalue weighted by atomic mass is 79.9. The van der Waals surface area contributed by atoms with Crippen molar-refractivity contribution in [2.24, 2.45) is 0 Å². The Bertz CT molecular complexity index is 709. The first-order chi connectivity index (χ1) is 9.65. The van der Waals surface area contributed by atoms with Crippen LogP contribution >= 0.6 is 39.5 Å². The Labute approximate surface area is 134 Å². The average molecular weight is 365 g/mol. The van der Waals surface area contributed by atoms with Gasteiger partial charge in [-0.05, 0) is 58.5 Å². The van der Waals surface area contributed by atoms with Crippen LogP contribution in [-0.4, -0.2) is 11.0 Å². The van der Waals surface area contributed by atoms with Crippen molar-refractivity contribution in [2.75, 3.05) is 4.90 Å². The number of halogens is 1. The fraction of sp³-hybridized carbons (Fsp3) is 0. The number of nitrogens with one attached hydrogen (secondary N) is 1. The third kappa shape index (κ3) is 2.54. The van der Waals surface area contributed by atoms with E-state index in [9.17, 15) is 4.79 Å². The molecule has 3 nitrogen and oxygen atoms in total. The molecule has 3 rings (SSSR count). The van der Waals surface area contributed by atoms with Crippen molar-refractivity contribution in [1.82, 2.24) is 5.32 Å². The van der Waals surface area contributed by atoms with E-state index in [-0.39, 0.29) is 5.91 Å². The van der Waals surface area contributed by atoms with Crippen LogP contribution in [0, 0.1) is 0 Å². The summed E-state index contributed by atoms with van der Waals surface area (Å²) >= 11 is 10.2. The van der Waals surface area contributed by atoms with Gasteiger partial charge < -0.3 is 5.32 Å². The molecule has 6 heteroatoms. The highest BCUT2D eigenvalue weighted by molar-refractivity contribution is 9.11. The molecule has 0 unspecified atom stereocenters. The van der Waals surface area contributed by atoms with Crippen molar-refractivity contribution >= 4 is 62.3 Å². The summed E-state index contributed by atoms with van der Waals surface area (Å²) in [6.45, 7) is 0. The van der Waals surface area contributed by atoms with Crippen LogP contribution in [0.2, 0.25) is 0 Å². The molecule has 0 radical (unpaired) electrons. The van der Waals surface area contributed by atoms with Gasteiger partial charge in [0.05, 0.1) is 9.47 Å². The second-order valence-electron chi connectivity index (χ2n) is 4.11. The number of thiophene rings is 1. The first-order valence-electron chi connectivity index (χ1n) is 5.83. The van der Waals surface area contributed by atoms with Gasteiger partial charge in [0.2, 0.25) is 0 Å². The van der Waals surface area contributed by atoms with Gasteiger partial charge in [0, 0.05) is 4.88 Å². The maximum Gasteiger partial charge on any atom is 0.281 e. The number of anilines is 1. The number of hydrogen-bond donors (Lipinski definition) is 1. The van der Waals surface area contributed by atoms with Crippen molar-refractivity contribution in [3.05, 3.63) is 56.8 Å². The van der Waals surface area contributed by atoms with Crippen molar-refractivity contribution in [3.63, 3.8) is 0 Å². The van der Waals surface area contributed by atoms with Crippen molar-refractivity contribution in [2.45, 2.75) is 0 Å². The van der Waals surface area contributed by atoms with E-state index in [1.54, 1.807) is 11.3 Å². The maximum atomic E-state index is 12.4. The number of rotatable bonds is 2. The molecule has 1 saturated heterocycles. The smallest absolute Gasteiger partial charge is 0.281 e. The lowest BCUT2D eigenvalue weighted by atomic mass is 10.3. The van der Waals surface area contributed by atoms with Crippen LogP contribution in [0.5, 0.6) is 0 Å². The molecule has 0 aliphatic carbocycles. The molecule has 1 N–H and O–H groups in total. The number of carbonyl (C=O) groups excluding carboxylic acids is 1. The minimum atomic E-state index is -0.134. The van der Waals surface area contributed by atoms with Crippen molar-refractivity contribution in [1.29, 1.82) is 0 Å². The Morgan fingerprint density at radius 2 is 1.95 bits per heavy atom. The fourth-order valence-electron chi connectivity index (χ4n) is 1.89. The predicted molar refractivity (Wildman–Crippen MR) is 89.7 cm³/mol. The molecule has 1 fully saturated rings. The molecule has 2 aromatic rings. The number of thiocarbonyl (C=S) groups is 1. The molecule has 1 aliphatic rings. The van der Waals surface area contributed by atoms with E-state index in [1.165, 1.54) is 4.90 Å². The number of carbonyl (C=O) groups is 1. The summed E-state index contributed by atoms with van der Waals surface area (Å²) in [6, 6.07) is 13.3. The van der Waals surface area contributed by atoms with Gasteiger partial charge in [-0.2, -0.15) is 0 Å². The summed E-state index contributed by atoms with van der Waals surface area (Å²) in [7, 11) is 0. The quantitative estimate of drug-likeness (QED) is 0.650. The minimum Gasteiger partial charge on any atom is -0.327 e. The lowest BCUT2D eigenvalue weighted by molar-refractivity contribution is -0.113. The molecule has 1 aromatic carbocycles. The van der Waals surface area contributed by atoms with Gasteiger partial charge >= 0.3 is 0 Å². The zero-order valence-corrected chi connectivity index (χ0v) is 13.4. The van der Waals surface area contributed by atoms with Gasteiger partial charge in [-0.15, -0.1) is 11.3 Å². The summed E-state index contributed by atoms with van der Waals surface area (Å²) in [5, 5.41) is 3.38. The zero-order chi connectivity index (χ0) is 14.1. The van der Waals surface area contributed by atoms with Crippen LogP contribution in [0.1, 0.15) is 4.88 Å². The first-order valence-corrected chi connectivity index (χ1v) is 7.84. The normalized spacial score (nSPS) is 16.9. The fourth-order valence-corrected chi connectivity index (χ4v) is 3.56. The Hall–Kier alpha value is -1.50. The monoisotopic (exact) mass is 364 g/mol. The van der Waals surface area contributed by atoms with Crippen LogP contribution in [-0.2, 0) is 4.79 Å².